The first kappa shape index (κ1) is 11.8. The van der Waals surface area contributed by atoms with E-state index in [-0.39, 0.29) is 18.0 Å². The zero-order valence-electron chi connectivity index (χ0n) is 9.73. The Labute approximate surface area is 95.0 Å². The highest BCUT2D eigenvalue weighted by molar-refractivity contribution is 5.74. The molecule has 2 rings (SSSR count). The summed E-state index contributed by atoms with van der Waals surface area (Å²) < 4.78 is 21.1. The molecule has 0 amide bonds. The van der Waals surface area contributed by atoms with Crippen LogP contribution in [0.1, 0.15) is 19.3 Å². The first-order valence-electron chi connectivity index (χ1n) is 5.57. The van der Waals surface area contributed by atoms with Crippen LogP contribution in [0.3, 0.4) is 0 Å². The molecule has 0 radical (unpaired) electrons. The molecule has 0 aromatic rings. The lowest BCUT2D eigenvalue weighted by atomic mass is 9.97. The fraction of sp³-hybridized carbons (Fsp3) is 0.909. The molecule has 92 valence electrons. The zero-order valence-corrected chi connectivity index (χ0v) is 9.73. The van der Waals surface area contributed by atoms with Crippen molar-refractivity contribution in [3.05, 3.63) is 0 Å². The van der Waals surface area contributed by atoms with Crippen molar-refractivity contribution < 1.29 is 23.7 Å². The minimum absolute atomic E-state index is 0.0190. The molecule has 2 heterocycles. The van der Waals surface area contributed by atoms with Gasteiger partial charge in [0.1, 0.15) is 6.61 Å². The van der Waals surface area contributed by atoms with Crippen LogP contribution >= 0.6 is 0 Å². The molecule has 0 bridgehead atoms. The summed E-state index contributed by atoms with van der Waals surface area (Å²) in [4.78, 5) is 11.3. The van der Waals surface area contributed by atoms with Crippen molar-refractivity contribution >= 4 is 5.97 Å². The molecule has 0 N–H and O–H groups in total. The number of hydrogen-bond acceptors (Lipinski definition) is 5. The summed E-state index contributed by atoms with van der Waals surface area (Å²) >= 11 is 0. The van der Waals surface area contributed by atoms with Crippen LogP contribution in [0, 0.1) is 5.92 Å². The molecule has 0 spiro atoms. The maximum Gasteiger partial charge on any atom is 0.309 e. The average Bonchev–Trinajstić information content (AvgIpc) is 2.88. The molecule has 16 heavy (non-hydrogen) atoms. The smallest absolute Gasteiger partial charge is 0.309 e. The maximum atomic E-state index is 11.3. The Kier molecular flexibility index (Phi) is 3.47. The SMILES string of the molecule is COC1(OC)COC(CC2CCOC2=O)C1. The Morgan fingerprint density at radius 3 is 2.69 bits per heavy atom. The van der Waals surface area contributed by atoms with Gasteiger partial charge in [-0.3, -0.25) is 4.79 Å². The first-order valence-corrected chi connectivity index (χ1v) is 5.57. The van der Waals surface area contributed by atoms with E-state index in [1.165, 1.54) is 0 Å². The molecule has 0 aromatic carbocycles. The van der Waals surface area contributed by atoms with Crippen molar-refractivity contribution in [2.24, 2.45) is 5.92 Å². The molecule has 5 nitrogen and oxygen atoms in total. The number of esters is 1. The van der Waals surface area contributed by atoms with Crippen LogP contribution in [0.2, 0.25) is 0 Å². The van der Waals surface area contributed by atoms with Gasteiger partial charge >= 0.3 is 5.97 Å². The predicted molar refractivity (Wildman–Crippen MR) is 54.8 cm³/mol. The van der Waals surface area contributed by atoms with Crippen LogP contribution in [0.5, 0.6) is 0 Å². The van der Waals surface area contributed by atoms with Crippen molar-refractivity contribution in [2.75, 3.05) is 27.4 Å². The van der Waals surface area contributed by atoms with E-state index in [4.69, 9.17) is 18.9 Å². The normalized spacial score (nSPS) is 33.0. The highest BCUT2D eigenvalue weighted by Gasteiger charge is 2.42. The second-order valence-electron chi connectivity index (χ2n) is 4.34. The van der Waals surface area contributed by atoms with E-state index in [9.17, 15) is 4.79 Å². The third-order valence-corrected chi connectivity index (χ3v) is 3.41. The highest BCUT2D eigenvalue weighted by Crippen LogP contribution is 2.33. The highest BCUT2D eigenvalue weighted by atomic mass is 16.7. The summed E-state index contributed by atoms with van der Waals surface area (Å²) in [6, 6.07) is 0. The Bertz CT molecular complexity index is 261. The summed E-state index contributed by atoms with van der Waals surface area (Å²) in [6.07, 6.45) is 2.19. The van der Waals surface area contributed by atoms with Crippen LogP contribution in [-0.4, -0.2) is 45.3 Å². The molecule has 2 fully saturated rings. The number of carbonyl (C=O) groups excluding carboxylic acids is 1. The van der Waals surface area contributed by atoms with E-state index >= 15 is 0 Å². The lowest BCUT2D eigenvalue weighted by molar-refractivity contribution is -0.202. The minimum Gasteiger partial charge on any atom is -0.465 e. The topological polar surface area (TPSA) is 54.0 Å². The van der Waals surface area contributed by atoms with Gasteiger partial charge in [0, 0.05) is 20.6 Å². The largest absolute Gasteiger partial charge is 0.465 e. The van der Waals surface area contributed by atoms with E-state index in [2.05, 4.69) is 0 Å². The van der Waals surface area contributed by atoms with Gasteiger partial charge in [0.25, 0.3) is 0 Å². The minimum atomic E-state index is -0.632. The molecule has 0 saturated carbocycles. The quantitative estimate of drug-likeness (QED) is 0.526. The third kappa shape index (κ3) is 2.21. The van der Waals surface area contributed by atoms with E-state index in [0.717, 1.165) is 6.42 Å². The average molecular weight is 230 g/mol. The Morgan fingerprint density at radius 1 is 1.44 bits per heavy atom. The second kappa shape index (κ2) is 4.69. The number of rotatable bonds is 4. The molecule has 0 aromatic heterocycles. The van der Waals surface area contributed by atoms with Gasteiger partial charge in [-0.1, -0.05) is 0 Å². The Balaban J connectivity index is 1.86. The first-order chi connectivity index (χ1) is 7.69. The van der Waals surface area contributed by atoms with Gasteiger partial charge in [0.2, 0.25) is 0 Å². The molecule has 0 aliphatic carbocycles. The lowest BCUT2D eigenvalue weighted by Gasteiger charge is -2.23. The van der Waals surface area contributed by atoms with Crippen LogP contribution in [0.15, 0.2) is 0 Å². The van der Waals surface area contributed by atoms with E-state index in [1.54, 1.807) is 14.2 Å². The summed E-state index contributed by atoms with van der Waals surface area (Å²) in [6.45, 7) is 0.961. The van der Waals surface area contributed by atoms with Gasteiger partial charge < -0.3 is 18.9 Å². The van der Waals surface area contributed by atoms with Crippen molar-refractivity contribution in [1.29, 1.82) is 0 Å². The standard InChI is InChI=1S/C11H18O5/c1-13-11(14-2)6-9(16-7-11)5-8-3-4-15-10(8)12/h8-9H,3-7H2,1-2H3. The molecule has 5 heteroatoms. The van der Waals surface area contributed by atoms with Gasteiger partial charge in [-0.25, -0.2) is 0 Å². The third-order valence-electron chi connectivity index (χ3n) is 3.41. The molecule has 2 saturated heterocycles. The molecular formula is C11H18O5. The number of cyclic esters (lactones) is 1. The zero-order chi connectivity index (χ0) is 11.6. The van der Waals surface area contributed by atoms with Gasteiger partial charge in [-0.05, 0) is 12.8 Å². The van der Waals surface area contributed by atoms with Crippen molar-refractivity contribution in [1.82, 2.24) is 0 Å². The molecule has 2 unspecified atom stereocenters. The summed E-state index contributed by atoms with van der Waals surface area (Å²) in [7, 11) is 3.22. The number of methoxy groups -OCH3 is 2. The van der Waals surface area contributed by atoms with Crippen LogP contribution < -0.4 is 0 Å². The second-order valence-corrected chi connectivity index (χ2v) is 4.34. The van der Waals surface area contributed by atoms with Gasteiger partial charge in [-0.2, -0.15) is 0 Å². The van der Waals surface area contributed by atoms with Crippen LogP contribution in [0.25, 0.3) is 0 Å². The van der Waals surface area contributed by atoms with Crippen LogP contribution in [0.4, 0.5) is 0 Å². The van der Waals surface area contributed by atoms with Crippen molar-refractivity contribution in [2.45, 2.75) is 31.2 Å². The summed E-state index contributed by atoms with van der Waals surface area (Å²) in [5, 5.41) is 0. The lowest BCUT2D eigenvalue weighted by Crippen LogP contribution is -2.34. The molecule has 2 atom stereocenters. The molecule has 2 aliphatic heterocycles. The van der Waals surface area contributed by atoms with Gasteiger partial charge in [-0.15, -0.1) is 0 Å². The van der Waals surface area contributed by atoms with E-state index < -0.39 is 5.79 Å². The monoisotopic (exact) mass is 230 g/mol. The fourth-order valence-corrected chi connectivity index (χ4v) is 2.30. The summed E-state index contributed by atoms with van der Waals surface area (Å²) in [5.41, 5.74) is 0. The Hall–Kier alpha value is -0.650. The van der Waals surface area contributed by atoms with Crippen molar-refractivity contribution in [3.63, 3.8) is 0 Å². The predicted octanol–water partition coefficient (Wildman–Crippen LogP) is 0.718. The fourth-order valence-electron chi connectivity index (χ4n) is 2.30. The Morgan fingerprint density at radius 2 is 2.19 bits per heavy atom. The maximum absolute atomic E-state index is 11.3. The number of ether oxygens (including phenoxy) is 4. The number of carbonyl (C=O) groups is 1. The van der Waals surface area contributed by atoms with Crippen LogP contribution in [-0.2, 0) is 23.7 Å². The van der Waals surface area contributed by atoms with E-state index in [1.807, 2.05) is 0 Å². The summed E-state index contributed by atoms with van der Waals surface area (Å²) in [5.74, 6) is -0.752. The molecular weight excluding hydrogens is 212 g/mol. The van der Waals surface area contributed by atoms with Gasteiger partial charge in [0.15, 0.2) is 5.79 Å². The van der Waals surface area contributed by atoms with E-state index in [0.29, 0.717) is 26.1 Å². The molecule has 2 aliphatic rings. The number of hydrogen-bond donors (Lipinski definition) is 0. The van der Waals surface area contributed by atoms with Crippen molar-refractivity contribution in [3.8, 4) is 0 Å². The van der Waals surface area contributed by atoms with Gasteiger partial charge in [0.05, 0.1) is 18.6 Å².